The summed E-state index contributed by atoms with van der Waals surface area (Å²) in [5.41, 5.74) is 7.50. The van der Waals surface area contributed by atoms with Crippen LogP contribution in [0.2, 0.25) is 0 Å². The standard InChI is InChI=1S/C20H18N4O2S/c1-3-5-8-12(4-2)13-9-6-7-10-15(13)23-19(26)14-11-22-20-16(17(14)25)18(21)24-27-20/h3-11H,2H2,1H3,(H2,21,24)(H,22,25)(H,23,26)/b5-3-,12-8+. The van der Waals surface area contributed by atoms with E-state index in [1.807, 2.05) is 43.4 Å². The number of aromatic nitrogens is 2. The van der Waals surface area contributed by atoms with Gasteiger partial charge in [-0.15, -0.1) is 0 Å². The molecule has 0 bridgehead atoms. The number of benzene rings is 1. The lowest BCUT2D eigenvalue weighted by molar-refractivity contribution is 0.102. The van der Waals surface area contributed by atoms with E-state index in [0.29, 0.717) is 10.5 Å². The molecule has 3 aromatic rings. The smallest absolute Gasteiger partial charge is 0.261 e. The maximum atomic E-state index is 12.7. The molecule has 1 amide bonds. The summed E-state index contributed by atoms with van der Waals surface area (Å²) in [5, 5.41) is 3.04. The maximum absolute atomic E-state index is 12.7. The molecular weight excluding hydrogens is 360 g/mol. The van der Waals surface area contributed by atoms with Crippen LogP contribution in [0.1, 0.15) is 22.8 Å². The number of anilines is 2. The number of nitrogen functional groups attached to an aromatic ring is 1. The number of nitrogens with two attached hydrogens (primary N) is 1. The monoisotopic (exact) mass is 378 g/mol. The number of nitrogens with one attached hydrogen (secondary N) is 2. The molecule has 1 aromatic carbocycles. The summed E-state index contributed by atoms with van der Waals surface area (Å²) in [4.78, 5) is 28.8. The summed E-state index contributed by atoms with van der Waals surface area (Å²) in [7, 11) is 0. The molecule has 0 spiro atoms. The van der Waals surface area contributed by atoms with E-state index >= 15 is 0 Å². The van der Waals surface area contributed by atoms with Crippen LogP contribution in [0.25, 0.3) is 15.8 Å². The second-order valence-electron chi connectivity index (χ2n) is 5.66. The Hall–Kier alpha value is -3.45. The molecule has 27 heavy (non-hydrogen) atoms. The first kappa shape index (κ1) is 18.3. The van der Waals surface area contributed by atoms with Crippen molar-refractivity contribution >= 4 is 44.7 Å². The van der Waals surface area contributed by atoms with Crippen molar-refractivity contribution in [3.63, 3.8) is 0 Å². The van der Waals surface area contributed by atoms with E-state index in [0.717, 1.165) is 22.7 Å². The molecule has 0 atom stereocenters. The van der Waals surface area contributed by atoms with E-state index in [2.05, 4.69) is 21.3 Å². The van der Waals surface area contributed by atoms with Crippen molar-refractivity contribution in [3.8, 4) is 0 Å². The zero-order valence-electron chi connectivity index (χ0n) is 14.7. The zero-order chi connectivity index (χ0) is 19.4. The summed E-state index contributed by atoms with van der Waals surface area (Å²) in [6.45, 7) is 5.75. The minimum absolute atomic E-state index is 0.0261. The molecule has 0 aliphatic carbocycles. The van der Waals surface area contributed by atoms with Crippen LogP contribution in [0.4, 0.5) is 11.5 Å². The van der Waals surface area contributed by atoms with Crippen LogP contribution < -0.4 is 16.5 Å². The highest BCUT2D eigenvalue weighted by atomic mass is 32.1. The summed E-state index contributed by atoms with van der Waals surface area (Å²) in [6.07, 6.45) is 8.78. The van der Waals surface area contributed by atoms with Crippen molar-refractivity contribution in [1.29, 1.82) is 0 Å². The van der Waals surface area contributed by atoms with E-state index in [1.54, 1.807) is 12.1 Å². The number of fused-ring (bicyclic) bond motifs is 1. The third-order valence-corrected chi connectivity index (χ3v) is 4.75. The molecule has 3 rings (SSSR count). The average Bonchev–Trinajstić information content (AvgIpc) is 3.05. The third kappa shape index (κ3) is 3.58. The highest BCUT2D eigenvalue weighted by Crippen LogP contribution is 2.25. The Morgan fingerprint density at radius 1 is 1.33 bits per heavy atom. The Morgan fingerprint density at radius 2 is 2.11 bits per heavy atom. The number of rotatable bonds is 5. The van der Waals surface area contributed by atoms with Crippen LogP contribution in [-0.4, -0.2) is 15.3 Å². The fraction of sp³-hybridized carbons (Fsp3) is 0.0500. The first-order valence-electron chi connectivity index (χ1n) is 8.19. The Morgan fingerprint density at radius 3 is 2.85 bits per heavy atom. The number of hydrogen-bond acceptors (Lipinski definition) is 5. The first-order valence-corrected chi connectivity index (χ1v) is 8.96. The summed E-state index contributed by atoms with van der Waals surface area (Å²) in [6, 6.07) is 7.33. The highest BCUT2D eigenvalue weighted by Gasteiger charge is 2.17. The topological polar surface area (TPSA) is 101 Å². The number of pyridine rings is 1. The van der Waals surface area contributed by atoms with Gasteiger partial charge in [0.15, 0.2) is 5.82 Å². The number of carbonyl (C=O) groups is 1. The number of aromatic amines is 1. The SMILES string of the molecule is C=C/C(=C\C=C/C)c1ccccc1NC(=O)c1c[nH]c2snc(N)c2c1=O. The first-order chi connectivity index (χ1) is 13.1. The Bertz CT molecular complexity index is 1140. The van der Waals surface area contributed by atoms with Crippen molar-refractivity contribution in [1.82, 2.24) is 9.36 Å². The van der Waals surface area contributed by atoms with E-state index in [9.17, 15) is 9.59 Å². The van der Waals surface area contributed by atoms with E-state index < -0.39 is 11.3 Å². The molecule has 6 nitrogen and oxygen atoms in total. The molecule has 0 radical (unpaired) electrons. The Labute approximate surface area is 159 Å². The van der Waals surface area contributed by atoms with Gasteiger partial charge >= 0.3 is 0 Å². The molecule has 0 unspecified atom stereocenters. The number of H-pyrrole nitrogens is 1. The second-order valence-corrected chi connectivity index (χ2v) is 6.43. The van der Waals surface area contributed by atoms with Gasteiger partial charge in [-0.25, -0.2) is 0 Å². The number of hydrogen-bond donors (Lipinski definition) is 3. The molecule has 136 valence electrons. The molecule has 0 saturated carbocycles. The van der Waals surface area contributed by atoms with Crippen LogP contribution >= 0.6 is 11.5 Å². The predicted octanol–water partition coefficient (Wildman–Crippen LogP) is 3.96. The van der Waals surface area contributed by atoms with Crippen molar-refractivity contribution < 1.29 is 4.79 Å². The van der Waals surface area contributed by atoms with Gasteiger partial charge in [-0.3, -0.25) is 9.59 Å². The third-order valence-electron chi connectivity index (χ3n) is 3.96. The van der Waals surface area contributed by atoms with Crippen molar-refractivity contribution in [3.05, 3.63) is 82.7 Å². The second kappa shape index (κ2) is 7.84. The molecular formula is C20H18N4O2S. The Kier molecular flexibility index (Phi) is 5.33. The lowest BCUT2D eigenvalue weighted by atomic mass is 10.0. The fourth-order valence-electron chi connectivity index (χ4n) is 2.63. The van der Waals surface area contributed by atoms with Gasteiger partial charge in [-0.1, -0.05) is 49.1 Å². The summed E-state index contributed by atoms with van der Waals surface area (Å²) >= 11 is 1.08. The van der Waals surface area contributed by atoms with Gasteiger partial charge < -0.3 is 16.0 Å². The molecule has 4 N–H and O–H groups in total. The van der Waals surface area contributed by atoms with Gasteiger partial charge in [-0.2, -0.15) is 4.37 Å². The zero-order valence-corrected chi connectivity index (χ0v) is 15.5. The fourth-order valence-corrected chi connectivity index (χ4v) is 3.31. The van der Waals surface area contributed by atoms with Gasteiger partial charge in [0.1, 0.15) is 15.8 Å². The number of allylic oxidation sites excluding steroid dienone is 5. The van der Waals surface area contributed by atoms with Gasteiger partial charge in [0, 0.05) is 17.4 Å². The predicted molar refractivity (Wildman–Crippen MR) is 112 cm³/mol. The molecule has 0 aliphatic heterocycles. The van der Waals surface area contributed by atoms with E-state index in [-0.39, 0.29) is 16.8 Å². The minimum Gasteiger partial charge on any atom is -0.382 e. The van der Waals surface area contributed by atoms with Gasteiger partial charge in [0.05, 0.1) is 0 Å². The molecule has 0 fully saturated rings. The van der Waals surface area contributed by atoms with Crippen LogP contribution in [0.3, 0.4) is 0 Å². The van der Waals surface area contributed by atoms with Crippen molar-refractivity contribution in [2.24, 2.45) is 0 Å². The number of nitrogens with zero attached hydrogens (tertiary/aromatic N) is 1. The van der Waals surface area contributed by atoms with Gasteiger partial charge in [0.2, 0.25) is 5.43 Å². The number of amides is 1. The maximum Gasteiger partial charge on any atom is 0.261 e. The minimum atomic E-state index is -0.523. The van der Waals surface area contributed by atoms with Crippen LogP contribution in [0.15, 0.2) is 66.1 Å². The van der Waals surface area contributed by atoms with Crippen LogP contribution in [0.5, 0.6) is 0 Å². The van der Waals surface area contributed by atoms with Crippen molar-refractivity contribution in [2.75, 3.05) is 11.1 Å². The molecule has 0 saturated heterocycles. The lowest BCUT2D eigenvalue weighted by Gasteiger charge is -2.11. The van der Waals surface area contributed by atoms with Gasteiger partial charge in [-0.05, 0) is 30.1 Å². The lowest BCUT2D eigenvalue weighted by Crippen LogP contribution is -2.22. The highest BCUT2D eigenvalue weighted by molar-refractivity contribution is 7.13. The molecule has 2 aromatic heterocycles. The molecule has 2 heterocycles. The largest absolute Gasteiger partial charge is 0.382 e. The Balaban J connectivity index is 2.00. The number of carbonyl (C=O) groups excluding carboxylic acids is 1. The van der Waals surface area contributed by atoms with E-state index in [4.69, 9.17) is 5.73 Å². The van der Waals surface area contributed by atoms with E-state index in [1.165, 1.54) is 6.20 Å². The summed E-state index contributed by atoms with van der Waals surface area (Å²) in [5.74, 6) is -0.403. The van der Waals surface area contributed by atoms with Gasteiger partial charge in [0.25, 0.3) is 5.91 Å². The number of para-hydroxylation sites is 1. The normalized spacial score (nSPS) is 11.8. The molecule has 7 heteroatoms. The summed E-state index contributed by atoms with van der Waals surface area (Å²) < 4.78 is 3.95. The van der Waals surface area contributed by atoms with Crippen LogP contribution in [-0.2, 0) is 0 Å². The average molecular weight is 378 g/mol. The molecule has 0 aliphatic rings. The van der Waals surface area contributed by atoms with Crippen molar-refractivity contribution in [2.45, 2.75) is 6.92 Å². The quantitative estimate of drug-likeness (QED) is 0.585. The van der Waals surface area contributed by atoms with Crippen LogP contribution in [0, 0.1) is 0 Å².